The summed E-state index contributed by atoms with van der Waals surface area (Å²) in [5.41, 5.74) is 2.38. The predicted octanol–water partition coefficient (Wildman–Crippen LogP) is 4.53. The van der Waals surface area contributed by atoms with Gasteiger partial charge in [-0.15, -0.1) is 0 Å². The number of ether oxygens (including phenoxy) is 1. The van der Waals surface area contributed by atoms with Crippen molar-refractivity contribution in [3.8, 4) is 17.1 Å². The molecule has 37 heavy (non-hydrogen) atoms. The molecule has 0 aliphatic rings. The van der Waals surface area contributed by atoms with Gasteiger partial charge in [-0.1, -0.05) is 23.7 Å². The first-order valence-corrected chi connectivity index (χ1v) is 13.0. The monoisotopic (exact) mass is 538 g/mol. The molecule has 0 unspecified atom stereocenters. The number of carbonyl (C=O) groups is 1. The maximum atomic E-state index is 12.7. The van der Waals surface area contributed by atoms with Crippen LogP contribution < -0.4 is 20.3 Å². The minimum Gasteiger partial charge on any atom is -0.483 e. The molecule has 190 valence electrons. The Hall–Kier alpha value is -4.15. The Kier molecular flexibility index (Phi) is 7.61. The van der Waals surface area contributed by atoms with Gasteiger partial charge in [-0.25, -0.2) is 13.4 Å². The van der Waals surface area contributed by atoms with E-state index in [2.05, 4.69) is 20.0 Å². The molecule has 4 aromatic rings. The fraction of sp³-hybridized carbons (Fsp3) is 0.115. The molecule has 4 rings (SSSR count). The maximum absolute atomic E-state index is 12.7. The molecule has 1 amide bonds. The van der Waals surface area contributed by atoms with Crippen LogP contribution in [0.3, 0.4) is 0 Å². The number of hydrogen-bond acceptors (Lipinski definition) is 6. The van der Waals surface area contributed by atoms with Crippen molar-refractivity contribution in [2.24, 2.45) is 0 Å². The van der Waals surface area contributed by atoms with Crippen LogP contribution in [-0.4, -0.2) is 30.9 Å². The zero-order chi connectivity index (χ0) is 26.6. The van der Waals surface area contributed by atoms with Crippen LogP contribution in [0.25, 0.3) is 11.4 Å². The third-order valence-electron chi connectivity index (χ3n) is 5.20. The molecular weight excluding hydrogens is 516 g/mol. The molecule has 0 saturated carbocycles. The van der Waals surface area contributed by atoms with E-state index in [9.17, 15) is 18.0 Å². The first-order chi connectivity index (χ1) is 17.6. The van der Waals surface area contributed by atoms with Gasteiger partial charge >= 0.3 is 0 Å². The van der Waals surface area contributed by atoms with Gasteiger partial charge in [0.2, 0.25) is 0 Å². The van der Waals surface area contributed by atoms with Crippen LogP contribution in [0.15, 0.2) is 82.5 Å². The summed E-state index contributed by atoms with van der Waals surface area (Å²) in [5.74, 6) is 0.354. The minimum atomic E-state index is -3.83. The van der Waals surface area contributed by atoms with Crippen molar-refractivity contribution in [2.45, 2.75) is 18.7 Å². The van der Waals surface area contributed by atoms with Gasteiger partial charge in [0, 0.05) is 33.7 Å². The molecule has 3 N–H and O–H groups in total. The van der Waals surface area contributed by atoms with E-state index < -0.39 is 15.9 Å². The average molecular weight is 539 g/mol. The number of aryl methyl sites for hydroxylation is 2. The van der Waals surface area contributed by atoms with Gasteiger partial charge in [0.1, 0.15) is 11.6 Å². The fourth-order valence-electron chi connectivity index (χ4n) is 3.48. The highest BCUT2D eigenvalue weighted by atomic mass is 35.5. The Morgan fingerprint density at radius 2 is 1.76 bits per heavy atom. The fourth-order valence-corrected chi connectivity index (χ4v) is 4.75. The van der Waals surface area contributed by atoms with E-state index in [1.54, 1.807) is 62.4 Å². The third-order valence-corrected chi connectivity index (χ3v) is 6.83. The number of amides is 1. The lowest BCUT2D eigenvalue weighted by Crippen LogP contribution is -2.20. The summed E-state index contributed by atoms with van der Waals surface area (Å²) in [6.07, 6.45) is 0. The number of hydrogen-bond donors (Lipinski definition) is 3. The van der Waals surface area contributed by atoms with Crippen LogP contribution in [0.5, 0.6) is 5.75 Å². The van der Waals surface area contributed by atoms with Gasteiger partial charge in [-0.3, -0.25) is 14.3 Å². The molecule has 3 aromatic carbocycles. The molecule has 1 aromatic heterocycles. The van der Waals surface area contributed by atoms with Crippen molar-refractivity contribution in [1.82, 2.24) is 9.97 Å². The molecule has 0 fully saturated rings. The number of sulfonamides is 1. The number of carbonyl (C=O) groups excluding carboxylic acids is 1. The highest BCUT2D eigenvalue weighted by Gasteiger charge is 2.16. The smallest absolute Gasteiger partial charge is 0.262 e. The van der Waals surface area contributed by atoms with Crippen LogP contribution in [0, 0.1) is 13.8 Å². The van der Waals surface area contributed by atoms with Gasteiger partial charge in [-0.2, -0.15) is 0 Å². The number of halogens is 1. The predicted molar refractivity (Wildman–Crippen MR) is 143 cm³/mol. The molecule has 0 spiro atoms. The summed E-state index contributed by atoms with van der Waals surface area (Å²) >= 11 is 5.84. The van der Waals surface area contributed by atoms with Crippen molar-refractivity contribution in [3.05, 3.63) is 99.4 Å². The summed E-state index contributed by atoms with van der Waals surface area (Å²) in [6.45, 7) is 3.12. The number of nitrogens with one attached hydrogen (secondary N) is 3. The minimum absolute atomic E-state index is 0.0522. The summed E-state index contributed by atoms with van der Waals surface area (Å²) in [5, 5.41) is 3.24. The van der Waals surface area contributed by atoms with Gasteiger partial charge in [0.25, 0.3) is 21.5 Å². The maximum Gasteiger partial charge on any atom is 0.262 e. The van der Waals surface area contributed by atoms with Gasteiger partial charge in [0.05, 0.1) is 4.90 Å². The number of anilines is 2. The molecule has 0 radical (unpaired) electrons. The standard InChI is InChI=1S/C26H23ClN4O5S/c1-16-12-22(37(34,35)31-20-8-6-19(27)7-9-20)10-11-23(16)36-15-25(33)29-21-5-3-4-18(14-21)26-28-17(2)13-24(32)30-26/h3-14,31H,15H2,1-2H3,(H,29,33)(H,28,30,32). The second kappa shape index (κ2) is 10.9. The molecule has 11 heteroatoms. The largest absolute Gasteiger partial charge is 0.483 e. The average Bonchev–Trinajstić information content (AvgIpc) is 2.84. The first-order valence-electron chi connectivity index (χ1n) is 11.1. The van der Waals surface area contributed by atoms with Gasteiger partial charge in [0.15, 0.2) is 6.61 Å². The quantitative estimate of drug-likeness (QED) is 0.302. The van der Waals surface area contributed by atoms with E-state index in [0.29, 0.717) is 44.8 Å². The van der Waals surface area contributed by atoms with Crippen LogP contribution in [0.4, 0.5) is 11.4 Å². The summed E-state index contributed by atoms with van der Waals surface area (Å²) in [7, 11) is -3.83. The normalized spacial score (nSPS) is 11.1. The zero-order valence-corrected chi connectivity index (χ0v) is 21.5. The van der Waals surface area contributed by atoms with E-state index in [1.807, 2.05) is 0 Å². The van der Waals surface area contributed by atoms with Crippen molar-refractivity contribution in [1.29, 1.82) is 0 Å². The molecule has 0 aliphatic carbocycles. The van der Waals surface area contributed by atoms with Crippen LogP contribution >= 0.6 is 11.6 Å². The lowest BCUT2D eigenvalue weighted by atomic mass is 10.2. The second-order valence-corrected chi connectivity index (χ2v) is 10.3. The number of rotatable bonds is 8. The number of benzene rings is 3. The summed E-state index contributed by atoms with van der Waals surface area (Å²) in [4.78, 5) is 31.3. The van der Waals surface area contributed by atoms with Crippen LogP contribution in [0.1, 0.15) is 11.3 Å². The van der Waals surface area contributed by atoms with Crippen molar-refractivity contribution >= 4 is 38.9 Å². The summed E-state index contributed by atoms with van der Waals surface area (Å²) < 4.78 is 33.5. The second-order valence-electron chi connectivity index (χ2n) is 8.19. The molecular formula is C26H23ClN4O5S. The van der Waals surface area contributed by atoms with Gasteiger partial charge in [-0.05, 0) is 74.0 Å². The van der Waals surface area contributed by atoms with Crippen molar-refractivity contribution < 1.29 is 17.9 Å². The number of aromatic amines is 1. The number of H-pyrrole nitrogens is 1. The van der Waals surface area contributed by atoms with Crippen molar-refractivity contribution in [3.63, 3.8) is 0 Å². The Bertz CT molecular complexity index is 1620. The molecule has 0 aliphatic heterocycles. The lowest BCUT2D eigenvalue weighted by Gasteiger charge is -2.13. The van der Waals surface area contributed by atoms with Crippen molar-refractivity contribution in [2.75, 3.05) is 16.6 Å². The Morgan fingerprint density at radius 1 is 1.00 bits per heavy atom. The third kappa shape index (κ3) is 6.75. The van der Waals surface area contributed by atoms with E-state index >= 15 is 0 Å². The number of nitrogens with zero attached hydrogens (tertiary/aromatic N) is 1. The van der Waals surface area contributed by atoms with Crippen LogP contribution in [-0.2, 0) is 14.8 Å². The highest BCUT2D eigenvalue weighted by Crippen LogP contribution is 2.24. The number of aromatic nitrogens is 2. The van der Waals surface area contributed by atoms with Crippen LogP contribution in [0.2, 0.25) is 5.02 Å². The topological polar surface area (TPSA) is 130 Å². The SMILES string of the molecule is Cc1cc(=O)[nH]c(-c2cccc(NC(=O)COc3ccc(S(=O)(=O)Nc4ccc(Cl)cc4)cc3C)c2)n1. The molecule has 1 heterocycles. The Morgan fingerprint density at radius 3 is 2.46 bits per heavy atom. The van der Waals surface area contributed by atoms with E-state index in [1.165, 1.54) is 24.3 Å². The van der Waals surface area contributed by atoms with E-state index in [-0.39, 0.29) is 17.1 Å². The molecule has 0 bridgehead atoms. The molecule has 0 atom stereocenters. The Balaban J connectivity index is 1.39. The van der Waals surface area contributed by atoms with E-state index in [0.717, 1.165) is 0 Å². The summed E-state index contributed by atoms with van der Waals surface area (Å²) in [6, 6.07) is 19.0. The highest BCUT2D eigenvalue weighted by molar-refractivity contribution is 7.92. The zero-order valence-electron chi connectivity index (χ0n) is 19.9. The van der Waals surface area contributed by atoms with Gasteiger partial charge < -0.3 is 15.0 Å². The molecule has 0 saturated heterocycles. The lowest BCUT2D eigenvalue weighted by molar-refractivity contribution is -0.118. The first kappa shape index (κ1) is 25.9. The Labute approximate surface area is 218 Å². The van der Waals surface area contributed by atoms with E-state index in [4.69, 9.17) is 16.3 Å². The molecule has 9 nitrogen and oxygen atoms in total.